The molecule has 0 radical (unpaired) electrons. The molecular weight excluding hydrogens is 512 g/mol. The van der Waals surface area contributed by atoms with Gasteiger partial charge in [-0.05, 0) is 30.3 Å². The van der Waals surface area contributed by atoms with Gasteiger partial charge in [0.25, 0.3) is 0 Å². The van der Waals surface area contributed by atoms with E-state index < -0.39 is 39.6 Å². The lowest BCUT2D eigenvalue weighted by Gasteiger charge is -2.33. The molecule has 184 valence electrons. The third-order valence-electron chi connectivity index (χ3n) is 4.96. The number of rotatable bonds is 9. The van der Waals surface area contributed by atoms with E-state index in [0.717, 1.165) is 7.11 Å². The Hall–Kier alpha value is -3.26. The molecule has 1 aromatic carbocycles. The number of hydrogen-bond donors (Lipinski definition) is 1. The Bertz CT molecular complexity index is 1250. The quantitative estimate of drug-likeness (QED) is 0.332. The number of halogens is 5. The Morgan fingerprint density at radius 1 is 1.29 bits per heavy atom. The Kier molecular flexibility index (Phi) is 8.27. The van der Waals surface area contributed by atoms with Crippen molar-refractivity contribution in [3.63, 3.8) is 0 Å². The molecule has 2 atom stereocenters. The van der Waals surface area contributed by atoms with Crippen LogP contribution in [0.3, 0.4) is 0 Å². The first-order chi connectivity index (χ1) is 16.7. The number of aromatic nitrogens is 1. The van der Waals surface area contributed by atoms with Gasteiger partial charge in [0.15, 0.2) is 17.4 Å². The van der Waals surface area contributed by atoms with Gasteiger partial charge in [0, 0.05) is 25.3 Å². The van der Waals surface area contributed by atoms with Crippen LogP contribution < -0.4 is 4.74 Å². The van der Waals surface area contributed by atoms with Gasteiger partial charge in [0.05, 0.1) is 30.0 Å². The van der Waals surface area contributed by atoms with Crippen molar-refractivity contribution < 1.29 is 37.3 Å². The van der Waals surface area contributed by atoms with Crippen molar-refractivity contribution in [3.05, 3.63) is 70.1 Å². The molecule has 1 aromatic heterocycles. The minimum Gasteiger partial charge on any atom is -0.492 e. The molecule has 1 heterocycles. The molecule has 0 saturated carbocycles. The second-order valence-corrected chi connectivity index (χ2v) is 8.03. The van der Waals surface area contributed by atoms with Crippen LogP contribution in [0.1, 0.15) is 22.3 Å². The molecule has 0 spiro atoms. The summed E-state index contributed by atoms with van der Waals surface area (Å²) in [5.41, 5.74) is 0.715. The highest BCUT2D eigenvalue weighted by molar-refractivity contribution is 6.34. The zero-order chi connectivity index (χ0) is 25.8. The number of ether oxygens (including phenoxy) is 3. The monoisotopic (exact) mass is 528 g/mol. The van der Waals surface area contributed by atoms with E-state index in [4.69, 9.17) is 37.4 Å². The maximum Gasteiger partial charge on any atom is 0.337 e. The first-order valence-corrected chi connectivity index (χ1v) is 10.7. The molecule has 0 fully saturated rings. The fourth-order valence-electron chi connectivity index (χ4n) is 3.22. The second kappa shape index (κ2) is 11.0. The summed E-state index contributed by atoms with van der Waals surface area (Å²) in [6, 6.07) is 9.34. The van der Waals surface area contributed by atoms with Gasteiger partial charge in [-0.3, -0.25) is 4.98 Å². The van der Waals surface area contributed by atoms with Gasteiger partial charge in [-0.1, -0.05) is 23.2 Å². The van der Waals surface area contributed by atoms with E-state index in [1.807, 2.05) is 6.07 Å². The van der Waals surface area contributed by atoms with Gasteiger partial charge < -0.3 is 19.3 Å². The summed E-state index contributed by atoms with van der Waals surface area (Å²) in [6.45, 7) is -0.169. The van der Waals surface area contributed by atoms with Gasteiger partial charge in [-0.2, -0.15) is 5.26 Å². The number of carbonyl (C=O) groups is 1. The first-order valence-electron chi connectivity index (χ1n) is 9.98. The molecule has 1 N–H and O–H groups in total. The zero-order valence-corrected chi connectivity index (χ0v) is 19.5. The molecule has 35 heavy (non-hydrogen) atoms. The molecule has 0 bridgehead atoms. The summed E-state index contributed by atoms with van der Waals surface area (Å²) in [5.74, 6) is -4.98. The third kappa shape index (κ3) is 5.22. The largest absolute Gasteiger partial charge is 0.492 e. The highest BCUT2D eigenvalue weighted by Gasteiger charge is 2.52. The van der Waals surface area contributed by atoms with E-state index in [1.165, 1.54) is 30.5 Å². The van der Waals surface area contributed by atoms with E-state index in [-0.39, 0.29) is 42.2 Å². The second-order valence-electron chi connectivity index (χ2n) is 7.09. The lowest BCUT2D eigenvalue weighted by Crippen LogP contribution is -2.42. The molecule has 2 aromatic rings. The average Bonchev–Trinajstić information content (AvgIpc) is 2.87. The first kappa shape index (κ1) is 26.3. The third-order valence-corrected chi connectivity index (χ3v) is 5.82. The Labute approximate surface area is 207 Å². The molecule has 2 unspecified atom stereocenters. The number of carboxylic acid groups (broad SMARTS) is 1. The van der Waals surface area contributed by atoms with Crippen molar-refractivity contribution in [2.24, 2.45) is 0 Å². The van der Waals surface area contributed by atoms with Gasteiger partial charge >= 0.3 is 5.97 Å². The van der Waals surface area contributed by atoms with Crippen molar-refractivity contribution in [1.82, 2.24) is 4.98 Å². The van der Waals surface area contributed by atoms with Crippen molar-refractivity contribution in [2.45, 2.75) is 17.7 Å². The molecule has 3 rings (SSSR count). The molecule has 1 aliphatic carbocycles. The lowest BCUT2D eigenvalue weighted by atomic mass is 10.0. The summed E-state index contributed by atoms with van der Waals surface area (Å²) in [5, 5.41) is 15.5. The zero-order valence-electron chi connectivity index (χ0n) is 18.0. The molecule has 0 aliphatic heterocycles. The van der Waals surface area contributed by atoms with Crippen molar-refractivity contribution in [1.29, 1.82) is 5.26 Å². The number of nitrogens with zero attached hydrogens (tertiary/aromatic N) is 2. The normalized spacial score (nSPS) is 20.0. The van der Waals surface area contributed by atoms with Gasteiger partial charge in [-0.25, -0.2) is 18.0 Å². The number of carboxylic acids is 1. The fourth-order valence-corrected chi connectivity index (χ4v) is 3.79. The standard InChI is InChI=1S/C23H17Cl2F3N2O5/c1-33-23(25)20(28)18(27)17(26)16(24)21(23)35-9-3-8-34-15-6-5-12(10-13(15)11-29)19-14(22(31)32)4-2-7-30-19/h2,4-7,10,20H,3,8-9H2,1H3,(H,31,32). The molecule has 12 heteroatoms. The van der Waals surface area contributed by atoms with E-state index >= 15 is 0 Å². The number of alkyl halides is 2. The summed E-state index contributed by atoms with van der Waals surface area (Å²) in [7, 11) is 0.990. The van der Waals surface area contributed by atoms with Crippen LogP contribution in [0, 0.1) is 11.3 Å². The van der Waals surface area contributed by atoms with Crippen LogP contribution in [0.5, 0.6) is 5.75 Å². The molecule has 0 saturated heterocycles. The molecular formula is C23H17Cl2F3N2O5. The highest BCUT2D eigenvalue weighted by atomic mass is 35.5. The summed E-state index contributed by atoms with van der Waals surface area (Å²) in [4.78, 5) is 15.5. The number of methoxy groups -OCH3 is 1. The maximum atomic E-state index is 14.2. The smallest absolute Gasteiger partial charge is 0.337 e. The van der Waals surface area contributed by atoms with E-state index in [9.17, 15) is 28.3 Å². The van der Waals surface area contributed by atoms with Gasteiger partial charge in [0.1, 0.15) is 16.9 Å². The number of hydrogen-bond acceptors (Lipinski definition) is 6. The predicted octanol–water partition coefficient (Wildman–Crippen LogP) is 5.64. The maximum absolute atomic E-state index is 14.2. The van der Waals surface area contributed by atoms with Crippen LogP contribution in [-0.4, -0.2) is 47.6 Å². The molecule has 0 amide bonds. The number of pyridine rings is 1. The minimum atomic E-state index is -2.67. The van der Waals surface area contributed by atoms with E-state index in [0.29, 0.717) is 5.56 Å². The SMILES string of the molecule is COC1(Cl)C(OCCCOc2ccc(-c3ncccc3C(=O)O)cc2C#N)=C(Cl)C(F)=C(F)C1F. The topological polar surface area (TPSA) is 102 Å². The molecule has 1 aliphatic rings. The van der Waals surface area contributed by atoms with Gasteiger partial charge in [0.2, 0.25) is 11.2 Å². The van der Waals surface area contributed by atoms with Crippen LogP contribution in [0.4, 0.5) is 13.2 Å². The van der Waals surface area contributed by atoms with Crippen molar-refractivity contribution in [2.75, 3.05) is 20.3 Å². The van der Waals surface area contributed by atoms with Crippen LogP contribution in [-0.2, 0) is 9.47 Å². The van der Waals surface area contributed by atoms with Crippen LogP contribution >= 0.6 is 23.2 Å². The molecule has 7 nitrogen and oxygen atoms in total. The van der Waals surface area contributed by atoms with Crippen LogP contribution in [0.2, 0.25) is 0 Å². The fraction of sp³-hybridized carbons (Fsp3) is 0.261. The van der Waals surface area contributed by atoms with Gasteiger partial charge in [-0.15, -0.1) is 0 Å². The van der Waals surface area contributed by atoms with Crippen LogP contribution in [0.15, 0.2) is 59.0 Å². The number of aromatic carboxylic acids is 1. The van der Waals surface area contributed by atoms with E-state index in [1.54, 1.807) is 6.07 Å². The predicted molar refractivity (Wildman–Crippen MR) is 120 cm³/mol. The highest BCUT2D eigenvalue weighted by Crippen LogP contribution is 2.46. The number of benzene rings is 1. The summed E-state index contributed by atoms with van der Waals surface area (Å²) < 4.78 is 57.4. The lowest BCUT2D eigenvalue weighted by molar-refractivity contribution is -0.0210. The minimum absolute atomic E-state index is 0.0108. The van der Waals surface area contributed by atoms with Crippen LogP contribution in [0.25, 0.3) is 11.3 Å². The summed E-state index contributed by atoms with van der Waals surface area (Å²) >= 11 is 11.7. The van der Waals surface area contributed by atoms with Crippen molar-refractivity contribution in [3.8, 4) is 23.1 Å². The van der Waals surface area contributed by atoms with Crippen molar-refractivity contribution >= 4 is 29.2 Å². The Morgan fingerprint density at radius 3 is 2.66 bits per heavy atom. The number of allylic oxidation sites excluding steroid dienone is 2. The summed E-state index contributed by atoms with van der Waals surface area (Å²) in [6.07, 6.45) is -1.07. The Morgan fingerprint density at radius 2 is 2.00 bits per heavy atom. The average molecular weight is 529 g/mol. The van der Waals surface area contributed by atoms with E-state index in [2.05, 4.69) is 4.98 Å². The Balaban J connectivity index is 1.67. The number of nitriles is 1.